The van der Waals surface area contributed by atoms with Crippen molar-refractivity contribution in [2.24, 2.45) is 5.92 Å². The van der Waals surface area contributed by atoms with E-state index in [0.29, 0.717) is 29.7 Å². The van der Waals surface area contributed by atoms with Crippen molar-refractivity contribution in [3.63, 3.8) is 0 Å². The minimum atomic E-state index is -0.0741. The van der Waals surface area contributed by atoms with E-state index in [1.807, 2.05) is 48.5 Å². The SMILES string of the molecule is CC(C)CNC(=O)c1cccc(Nc2ccnc(-c3ccccc3)n2)c1. The summed E-state index contributed by atoms with van der Waals surface area (Å²) in [6.45, 7) is 4.79. The molecule has 0 fully saturated rings. The Morgan fingerprint density at radius 3 is 2.62 bits per heavy atom. The summed E-state index contributed by atoms with van der Waals surface area (Å²) < 4.78 is 0. The largest absolute Gasteiger partial charge is 0.352 e. The van der Waals surface area contributed by atoms with Crippen LogP contribution in [-0.2, 0) is 0 Å². The highest BCUT2D eigenvalue weighted by Crippen LogP contribution is 2.19. The number of rotatable bonds is 6. The van der Waals surface area contributed by atoms with Crippen molar-refractivity contribution in [2.45, 2.75) is 13.8 Å². The lowest BCUT2D eigenvalue weighted by molar-refractivity contribution is 0.0949. The van der Waals surface area contributed by atoms with Crippen molar-refractivity contribution in [2.75, 3.05) is 11.9 Å². The standard InChI is InChI=1S/C21H22N4O/c1-15(2)14-23-21(26)17-9-6-10-18(13-17)24-19-11-12-22-20(25-19)16-7-4-3-5-8-16/h3-13,15H,14H2,1-2H3,(H,23,26)(H,22,24,25). The monoisotopic (exact) mass is 346 g/mol. The van der Waals surface area contributed by atoms with Crippen LogP contribution in [0.15, 0.2) is 66.9 Å². The Balaban J connectivity index is 1.75. The van der Waals surface area contributed by atoms with E-state index in [9.17, 15) is 4.79 Å². The van der Waals surface area contributed by atoms with Crippen LogP contribution in [-0.4, -0.2) is 22.4 Å². The third-order valence-electron chi connectivity index (χ3n) is 3.76. The summed E-state index contributed by atoms with van der Waals surface area (Å²) in [6.07, 6.45) is 1.72. The number of carbonyl (C=O) groups is 1. The highest BCUT2D eigenvalue weighted by molar-refractivity contribution is 5.95. The second-order valence-electron chi connectivity index (χ2n) is 6.44. The van der Waals surface area contributed by atoms with Gasteiger partial charge in [-0.2, -0.15) is 0 Å². The third-order valence-corrected chi connectivity index (χ3v) is 3.76. The fourth-order valence-electron chi connectivity index (χ4n) is 2.44. The summed E-state index contributed by atoms with van der Waals surface area (Å²) in [5.74, 6) is 1.67. The molecular weight excluding hydrogens is 324 g/mol. The zero-order chi connectivity index (χ0) is 18.4. The molecule has 0 atom stereocenters. The van der Waals surface area contributed by atoms with Gasteiger partial charge in [0.2, 0.25) is 0 Å². The molecule has 3 aromatic rings. The lowest BCUT2D eigenvalue weighted by Gasteiger charge is -2.10. The van der Waals surface area contributed by atoms with Crippen LogP contribution in [0.3, 0.4) is 0 Å². The summed E-state index contributed by atoms with van der Waals surface area (Å²) in [5.41, 5.74) is 2.38. The number of carbonyl (C=O) groups excluding carboxylic acids is 1. The van der Waals surface area contributed by atoms with Crippen molar-refractivity contribution in [1.29, 1.82) is 0 Å². The molecule has 0 radical (unpaired) electrons. The van der Waals surface area contributed by atoms with Crippen molar-refractivity contribution < 1.29 is 4.79 Å². The Morgan fingerprint density at radius 1 is 1.04 bits per heavy atom. The summed E-state index contributed by atoms with van der Waals surface area (Å²) in [4.78, 5) is 21.1. The molecule has 5 nitrogen and oxygen atoms in total. The normalized spacial score (nSPS) is 10.6. The van der Waals surface area contributed by atoms with E-state index in [4.69, 9.17) is 0 Å². The second-order valence-corrected chi connectivity index (χ2v) is 6.44. The number of nitrogens with zero attached hydrogens (tertiary/aromatic N) is 2. The number of hydrogen-bond acceptors (Lipinski definition) is 4. The number of hydrogen-bond donors (Lipinski definition) is 2. The molecule has 0 aliphatic carbocycles. The molecule has 0 aliphatic rings. The van der Waals surface area contributed by atoms with Crippen molar-refractivity contribution in [1.82, 2.24) is 15.3 Å². The van der Waals surface area contributed by atoms with E-state index in [0.717, 1.165) is 11.3 Å². The lowest BCUT2D eigenvalue weighted by Crippen LogP contribution is -2.27. The minimum absolute atomic E-state index is 0.0741. The lowest BCUT2D eigenvalue weighted by atomic mass is 10.1. The fourth-order valence-corrected chi connectivity index (χ4v) is 2.44. The van der Waals surface area contributed by atoms with Gasteiger partial charge in [-0.3, -0.25) is 4.79 Å². The van der Waals surface area contributed by atoms with Crippen molar-refractivity contribution in [3.8, 4) is 11.4 Å². The van der Waals surface area contributed by atoms with Crippen LogP contribution >= 0.6 is 0 Å². The van der Waals surface area contributed by atoms with Gasteiger partial charge in [0.05, 0.1) is 0 Å². The van der Waals surface area contributed by atoms with Gasteiger partial charge >= 0.3 is 0 Å². The summed E-state index contributed by atoms with van der Waals surface area (Å²) in [5, 5.41) is 6.17. The maximum Gasteiger partial charge on any atom is 0.251 e. The van der Waals surface area contributed by atoms with Crippen LogP contribution in [0.1, 0.15) is 24.2 Å². The van der Waals surface area contributed by atoms with Crippen LogP contribution in [0.2, 0.25) is 0 Å². The Labute approximate surface area is 153 Å². The van der Waals surface area contributed by atoms with Crippen molar-refractivity contribution in [3.05, 3.63) is 72.4 Å². The van der Waals surface area contributed by atoms with Gasteiger partial charge in [0.25, 0.3) is 5.91 Å². The van der Waals surface area contributed by atoms with E-state index < -0.39 is 0 Å². The van der Waals surface area contributed by atoms with Crippen LogP contribution in [0.25, 0.3) is 11.4 Å². The fraction of sp³-hybridized carbons (Fsp3) is 0.190. The number of nitrogens with one attached hydrogen (secondary N) is 2. The van der Waals surface area contributed by atoms with E-state index >= 15 is 0 Å². The molecule has 0 spiro atoms. The molecule has 1 heterocycles. The quantitative estimate of drug-likeness (QED) is 0.699. The molecule has 0 aliphatic heterocycles. The van der Waals surface area contributed by atoms with Crippen LogP contribution in [0, 0.1) is 5.92 Å². The molecule has 0 unspecified atom stereocenters. The van der Waals surface area contributed by atoms with Crippen molar-refractivity contribution >= 4 is 17.4 Å². The predicted molar refractivity (Wildman–Crippen MR) is 104 cm³/mol. The molecule has 0 bridgehead atoms. The average Bonchev–Trinajstić information content (AvgIpc) is 2.67. The van der Waals surface area contributed by atoms with Crippen LogP contribution in [0.4, 0.5) is 11.5 Å². The van der Waals surface area contributed by atoms with Crippen LogP contribution < -0.4 is 10.6 Å². The average molecular weight is 346 g/mol. The maximum atomic E-state index is 12.2. The number of benzene rings is 2. The van der Waals surface area contributed by atoms with Gasteiger partial charge in [0.1, 0.15) is 5.82 Å². The topological polar surface area (TPSA) is 66.9 Å². The Bertz CT molecular complexity index is 878. The first-order chi connectivity index (χ1) is 12.6. The Hall–Kier alpha value is -3.21. The molecule has 1 aromatic heterocycles. The highest BCUT2D eigenvalue weighted by Gasteiger charge is 2.08. The molecule has 5 heteroatoms. The molecule has 132 valence electrons. The molecule has 0 saturated heterocycles. The van der Waals surface area contributed by atoms with Crippen LogP contribution in [0.5, 0.6) is 0 Å². The summed E-state index contributed by atoms with van der Waals surface area (Å²) >= 11 is 0. The van der Waals surface area contributed by atoms with Gasteiger partial charge in [-0.25, -0.2) is 9.97 Å². The molecule has 2 N–H and O–H groups in total. The van der Waals surface area contributed by atoms with E-state index in [2.05, 4.69) is 34.4 Å². The van der Waals surface area contributed by atoms with E-state index in [1.165, 1.54) is 0 Å². The zero-order valence-corrected chi connectivity index (χ0v) is 14.9. The van der Waals surface area contributed by atoms with Gasteiger partial charge in [-0.15, -0.1) is 0 Å². The van der Waals surface area contributed by atoms with E-state index in [-0.39, 0.29) is 5.91 Å². The highest BCUT2D eigenvalue weighted by atomic mass is 16.1. The Morgan fingerprint density at radius 2 is 1.85 bits per heavy atom. The molecule has 26 heavy (non-hydrogen) atoms. The number of aromatic nitrogens is 2. The molecule has 2 aromatic carbocycles. The maximum absolute atomic E-state index is 12.2. The van der Waals surface area contributed by atoms with Gasteiger partial charge in [-0.05, 0) is 30.2 Å². The molecular formula is C21H22N4O. The summed E-state index contributed by atoms with van der Waals surface area (Å²) in [6, 6.07) is 19.0. The first-order valence-corrected chi connectivity index (χ1v) is 8.65. The molecule has 3 rings (SSSR count). The minimum Gasteiger partial charge on any atom is -0.352 e. The van der Waals surface area contributed by atoms with Gasteiger partial charge in [0, 0.05) is 29.6 Å². The third kappa shape index (κ3) is 4.66. The predicted octanol–water partition coefficient (Wildman–Crippen LogP) is 4.27. The van der Waals surface area contributed by atoms with E-state index in [1.54, 1.807) is 18.3 Å². The number of anilines is 2. The first-order valence-electron chi connectivity index (χ1n) is 8.65. The summed E-state index contributed by atoms with van der Waals surface area (Å²) in [7, 11) is 0. The smallest absolute Gasteiger partial charge is 0.251 e. The molecule has 0 saturated carbocycles. The van der Waals surface area contributed by atoms with Gasteiger partial charge in [-0.1, -0.05) is 50.2 Å². The van der Waals surface area contributed by atoms with Gasteiger partial charge < -0.3 is 10.6 Å². The van der Waals surface area contributed by atoms with Gasteiger partial charge in [0.15, 0.2) is 5.82 Å². The number of amides is 1. The first kappa shape index (κ1) is 17.6. The zero-order valence-electron chi connectivity index (χ0n) is 14.9. The molecule has 1 amide bonds. The second kappa shape index (κ2) is 8.25. The Kier molecular flexibility index (Phi) is 5.59.